The second-order valence-corrected chi connectivity index (χ2v) is 6.03. The fraction of sp³-hybridized carbons (Fsp3) is 0.500. The van der Waals surface area contributed by atoms with Gasteiger partial charge in [-0.05, 0) is 47.8 Å². The number of carbonyl (C=O) groups excluding carboxylic acids is 1. The van der Waals surface area contributed by atoms with Crippen molar-refractivity contribution in [3.63, 3.8) is 0 Å². The van der Waals surface area contributed by atoms with Crippen molar-refractivity contribution in [2.45, 2.75) is 44.6 Å². The van der Waals surface area contributed by atoms with Crippen LogP contribution >= 0.6 is 15.9 Å². The largest absolute Gasteiger partial charge is 0.347 e. The Bertz CT molecular complexity index is 435. The van der Waals surface area contributed by atoms with Crippen molar-refractivity contribution in [1.82, 2.24) is 5.32 Å². The van der Waals surface area contributed by atoms with E-state index >= 15 is 0 Å². The van der Waals surface area contributed by atoms with Gasteiger partial charge in [-0.3, -0.25) is 4.79 Å². The Kier molecular flexibility index (Phi) is 4.05. The van der Waals surface area contributed by atoms with E-state index < -0.39 is 5.82 Å². The molecule has 4 heteroatoms. The first kappa shape index (κ1) is 13.5. The van der Waals surface area contributed by atoms with Gasteiger partial charge in [-0.25, -0.2) is 4.39 Å². The second kappa shape index (κ2) is 5.39. The van der Waals surface area contributed by atoms with Crippen molar-refractivity contribution in [3.05, 3.63) is 34.1 Å². The van der Waals surface area contributed by atoms with Crippen molar-refractivity contribution in [1.29, 1.82) is 0 Å². The topological polar surface area (TPSA) is 29.1 Å². The van der Waals surface area contributed by atoms with Gasteiger partial charge < -0.3 is 5.32 Å². The van der Waals surface area contributed by atoms with Crippen molar-refractivity contribution < 1.29 is 9.18 Å². The second-order valence-electron chi connectivity index (χ2n) is 5.17. The number of amides is 1. The molecule has 0 aliphatic heterocycles. The molecule has 1 aliphatic rings. The van der Waals surface area contributed by atoms with Gasteiger partial charge in [-0.1, -0.05) is 25.3 Å². The highest BCUT2D eigenvalue weighted by Gasteiger charge is 2.30. The summed E-state index contributed by atoms with van der Waals surface area (Å²) in [6, 6.07) is 4.57. The SMILES string of the molecule is CC1(NC(=O)c2c(F)cccc2Br)CCCCC1. The first-order valence-electron chi connectivity index (χ1n) is 6.28. The summed E-state index contributed by atoms with van der Waals surface area (Å²) in [6.45, 7) is 2.04. The number of hydrogen-bond donors (Lipinski definition) is 1. The van der Waals surface area contributed by atoms with E-state index in [2.05, 4.69) is 21.2 Å². The van der Waals surface area contributed by atoms with Crippen LogP contribution in [0.1, 0.15) is 49.4 Å². The van der Waals surface area contributed by atoms with Crippen molar-refractivity contribution in [3.8, 4) is 0 Å². The molecule has 0 radical (unpaired) electrons. The number of nitrogens with one attached hydrogen (secondary N) is 1. The predicted molar refractivity (Wildman–Crippen MR) is 73.1 cm³/mol. The zero-order chi connectivity index (χ0) is 13.2. The summed E-state index contributed by atoms with van der Waals surface area (Å²) in [5.41, 5.74) is -0.0962. The summed E-state index contributed by atoms with van der Waals surface area (Å²) < 4.78 is 14.2. The van der Waals surface area contributed by atoms with E-state index in [1.165, 1.54) is 12.5 Å². The number of halogens is 2. The third kappa shape index (κ3) is 2.91. The van der Waals surface area contributed by atoms with E-state index in [1.807, 2.05) is 6.92 Å². The van der Waals surface area contributed by atoms with E-state index in [4.69, 9.17) is 0 Å². The van der Waals surface area contributed by atoms with Gasteiger partial charge in [0.15, 0.2) is 0 Å². The molecule has 0 atom stereocenters. The van der Waals surface area contributed by atoms with Crippen LogP contribution in [0.25, 0.3) is 0 Å². The van der Waals surface area contributed by atoms with Crippen molar-refractivity contribution in [2.24, 2.45) is 0 Å². The first-order chi connectivity index (χ1) is 8.52. The van der Waals surface area contributed by atoms with Crippen LogP contribution in [0.3, 0.4) is 0 Å². The van der Waals surface area contributed by atoms with Crippen LogP contribution in [0.15, 0.2) is 22.7 Å². The Morgan fingerprint density at radius 3 is 2.61 bits per heavy atom. The maximum absolute atomic E-state index is 13.7. The molecule has 0 bridgehead atoms. The zero-order valence-electron chi connectivity index (χ0n) is 10.4. The van der Waals surface area contributed by atoms with Crippen LogP contribution in [-0.4, -0.2) is 11.4 Å². The molecule has 0 unspecified atom stereocenters. The van der Waals surface area contributed by atoms with Gasteiger partial charge in [0.05, 0.1) is 5.56 Å². The predicted octanol–water partition coefficient (Wildman–Crippen LogP) is 4.04. The molecule has 98 valence electrons. The van der Waals surface area contributed by atoms with Crippen LogP contribution in [0.5, 0.6) is 0 Å². The van der Waals surface area contributed by atoms with E-state index in [-0.39, 0.29) is 17.0 Å². The highest BCUT2D eigenvalue weighted by atomic mass is 79.9. The summed E-state index contributed by atoms with van der Waals surface area (Å²) in [7, 11) is 0. The zero-order valence-corrected chi connectivity index (χ0v) is 12.0. The molecule has 0 heterocycles. The van der Waals surface area contributed by atoms with Gasteiger partial charge in [-0.2, -0.15) is 0 Å². The molecule has 1 amide bonds. The fourth-order valence-corrected chi connectivity index (χ4v) is 3.03. The summed E-state index contributed by atoms with van der Waals surface area (Å²) in [4.78, 5) is 12.2. The van der Waals surface area contributed by atoms with E-state index in [9.17, 15) is 9.18 Å². The molecule has 1 fully saturated rings. The van der Waals surface area contributed by atoms with Gasteiger partial charge in [0.25, 0.3) is 5.91 Å². The molecule has 1 N–H and O–H groups in total. The molecule has 1 saturated carbocycles. The minimum absolute atomic E-state index is 0.101. The lowest BCUT2D eigenvalue weighted by atomic mass is 9.83. The average Bonchev–Trinajstić information content (AvgIpc) is 2.28. The molecule has 0 aromatic heterocycles. The van der Waals surface area contributed by atoms with Gasteiger partial charge in [-0.15, -0.1) is 0 Å². The summed E-state index contributed by atoms with van der Waals surface area (Å²) in [5, 5.41) is 2.98. The van der Waals surface area contributed by atoms with Crippen LogP contribution in [-0.2, 0) is 0 Å². The molecule has 0 spiro atoms. The highest BCUT2D eigenvalue weighted by molar-refractivity contribution is 9.10. The highest BCUT2D eigenvalue weighted by Crippen LogP contribution is 2.29. The maximum Gasteiger partial charge on any atom is 0.255 e. The summed E-state index contributed by atoms with van der Waals surface area (Å²) in [6.07, 6.45) is 5.38. The van der Waals surface area contributed by atoms with Gasteiger partial charge in [0.2, 0.25) is 0 Å². The molecule has 2 rings (SSSR count). The van der Waals surface area contributed by atoms with Crippen molar-refractivity contribution >= 4 is 21.8 Å². The number of rotatable bonds is 2. The number of hydrogen-bond acceptors (Lipinski definition) is 1. The normalized spacial score (nSPS) is 18.4. The Hall–Kier alpha value is -0.900. The molecular weight excluding hydrogens is 297 g/mol. The molecule has 1 aromatic carbocycles. The van der Waals surface area contributed by atoms with Crippen molar-refractivity contribution in [2.75, 3.05) is 0 Å². The molecule has 1 aromatic rings. The summed E-state index contributed by atoms with van der Waals surface area (Å²) in [5.74, 6) is -0.814. The molecule has 1 aliphatic carbocycles. The van der Waals surface area contributed by atoms with Gasteiger partial charge in [0, 0.05) is 10.0 Å². The van der Waals surface area contributed by atoms with Gasteiger partial charge >= 0.3 is 0 Å². The standard InChI is InChI=1S/C14H17BrFNO/c1-14(8-3-2-4-9-14)17-13(18)12-10(15)6-5-7-11(12)16/h5-7H,2-4,8-9H2,1H3,(H,17,18). The Balaban J connectivity index is 2.17. The Morgan fingerprint density at radius 2 is 2.00 bits per heavy atom. The van der Waals surface area contributed by atoms with Crippen LogP contribution in [0.4, 0.5) is 4.39 Å². The fourth-order valence-electron chi connectivity index (χ4n) is 2.51. The first-order valence-corrected chi connectivity index (χ1v) is 7.08. The maximum atomic E-state index is 13.7. The molecule has 2 nitrogen and oxygen atoms in total. The van der Waals surface area contributed by atoms with Crippen LogP contribution in [0.2, 0.25) is 0 Å². The van der Waals surface area contributed by atoms with Gasteiger partial charge in [0.1, 0.15) is 5.82 Å². The van der Waals surface area contributed by atoms with E-state index in [1.54, 1.807) is 12.1 Å². The smallest absolute Gasteiger partial charge is 0.255 e. The third-order valence-corrected chi connectivity index (χ3v) is 4.22. The van der Waals surface area contributed by atoms with E-state index in [0.717, 1.165) is 25.7 Å². The monoisotopic (exact) mass is 313 g/mol. The number of benzene rings is 1. The minimum atomic E-state index is -0.485. The lowest BCUT2D eigenvalue weighted by molar-refractivity contribution is 0.0877. The molecular formula is C14H17BrFNO. The lowest BCUT2D eigenvalue weighted by Crippen LogP contribution is -2.47. The Morgan fingerprint density at radius 1 is 1.33 bits per heavy atom. The third-order valence-electron chi connectivity index (χ3n) is 3.56. The quantitative estimate of drug-likeness (QED) is 0.877. The Labute approximate surface area is 115 Å². The molecule has 18 heavy (non-hydrogen) atoms. The van der Waals surface area contributed by atoms with Crippen LogP contribution < -0.4 is 5.32 Å². The summed E-state index contributed by atoms with van der Waals surface area (Å²) >= 11 is 3.23. The minimum Gasteiger partial charge on any atom is -0.347 e. The average molecular weight is 314 g/mol. The number of carbonyl (C=O) groups is 1. The van der Waals surface area contributed by atoms with Crippen LogP contribution in [0, 0.1) is 5.82 Å². The van der Waals surface area contributed by atoms with E-state index in [0.29, 0.717) is 4.47 Å². The lowest BCUT2D eigenvalue weighted by Gasteiger charge is -2.34. The molecule has 0 saturated heterocycles.